The molecular weight excluding hydrogens is 132 g/mol. The molecule has 1 atom stereocenters. The molecule has 1 rings (SSSR count). The number of carbonyl (C=O) groups excluding carboxylic acids is 1. The van der Waals surface area contributed by atoms with Crippen molar-refractivity contribution in [1.82, 2.24) is 0 Å². The molecule has 1 unspecified atom stereocenters. The topological polar surface area (TPSA) is 64.7 Å². The first kappa shape index (κ1) is 6.80. The zero-order valence-electron chi connectivity index (χ0n) is 5.36. The lowest BCUT2D eigenvalue weighted by Gasteiger charge is -2.10. The summed E-state index contributed by atoms with van der Waals surface area (Å²) in [6.07, 6.45) is 4.55. The average Bonchev–Trinajstić information content (AvgIpc) is 1.88. The molecule has 10 heavy (non-hydrogen) atoms. The lowest BCUT2D eigenvalue weighted by atomic mass is 10.2. The van der Waals surface area contributed by atoms with Crippen LogP contribution in [0.15, 0.2) is 17.3 Å². The third kappa shape index (κ3) is 1.89. The number of hydrogen-bond donors (Lipinski definition) is 1. The summed E-state index contributed by atoms with van der Waals surface area (Å²) in [5.74, 6) is -0.370. The first-order chi connectivity index (χ1) is 4.79. The van der Waals surface area contributed by atoms with Crippen LogP contribution in [-0.2, 0) is 9.53 Å². The van der Waals surface area contributed by atoms with Gasteiger partial charge in [-0.2, -0.15) is 0 Å². The summed E-state index contributed by atoms with van der Waals surface area (Å²) in [6, 6.07) is 0. The van der Waals surface area contributed by atoms with Gasteiger partial charge in [0.1, 0.15) is 6.10 Å². The van der Waals surface area contributed by atoms with Crippen molar-refractivity contribution in [1.29, 1.82) is 0 Å². The van der Waals surface area contributed by atoms with Crippen LogP contribution >= 0.6 is 0 Å². The predicted octanol–water partition coefficient (Wildman–Crippen LogP) is -0.197. The van der Waals surface area contributed by atoms with E-state index in [1.807, 2.05) is 0 Å². The highest BCUT2D eigenvalue weighted by Crippen LogP contribution is 2.02. The zero-order valence-corrected chi connectivity index (χ0v) is 5.36. The van der Waals surface area contributed by atoms with Gasteiger partial charge in [-0.1, -0.05) is 0 Å². The van der Waals surface area contributed by atoms with Crippen LogP contribution in [0.4, 0.5) is 0 Å². The molecule has 1 aliphatic heterocycles. The van der Waals surface area contributed by atoms with Gasteiger partial charge in [0.15, 0.2) is 6.40 Å². The van der Waals surface area contributed by atoms with E-state index < -0.39 is 0 Å². The molecule has 0 aliphatic carbocycles. The summed E-state index contributed by atoms with van der Waals surface area (Å²) in [7, 11) is 0. The lowest BCUT2D eigenvalue weighted by molar-refractivity contribution is -0.119. The van der Waals surface area contributed by atoms with E-state index in [9.17, 15) is 4.79 Å². The molecule has 1 amide bonds. The van der Waals surface area contributed by atoms with Gasteiger partial charge in [0.2, 0.25) is 5.91 Å². The molecule has 1 aliphatic rings. The summed E-state index contributed by atoms with van der Waals surface area (Å²) in [6.45, 7) is 0. The number of amides is 1. The zero-order chi connectivity index (χ0) is 7.40. The van der Waals surface area contributed by atoms with Gasteiger partial charge in [-0.3, -0.25) is 4.79 Å². The van der Waals surface area contributed by atoms with Gasteiger partial charge in [-0.25, -0.2) is 4.99 Å². The molecule has 0 saturated heterocycles. The number of nitrogens with two attached hydrogens (primary N) is 1. The fraction of sp³-hybridized carbons (Fsp3) is 0.333. The highest BCUT2D eigenvalue weighted by molar-refractivity contribution is 5.74. The largest absolute Gasteiger partial charge is 0.475 e. The molecule has 0 saturated carbocycles. The number of nitrogens with zero attached hydrogens (tertiary/aromatic N) is 1. The van der Waals surface area contributed by atoms with Gasteiger partial charge < -0.3 is 10.5 Å². The maximum absolute atomic E-state index is 10.3. The second kappa shape index (κ2) is 3.00. The minimum Gasteiger partial charge on any atom is -0.475 e. The van der Waals surface area contributed by atoms with Gasteiger partial charge >= 0.3 is 0 Å². The Bertz CT molecular complexity index is 186. The van der Waals surface area contributed by atoms with E-state index in [-0.39, 0.29) is 18.4 Å². The highest BCUT2D eigenvalue weighted by Gasteiger charge is 2.09. The molecule has 0 aromatic carbocycles. The Balaban J connectivity index is 2.37. The van der Waals surface area contributed by atoms with Gasteiger partial charge in [0.25, 0.3) is 0 Å². The Morgan fingerprint density at radius 2 is 2.60 bits per heavy atom. The molecule has 4 heteroatoms. The van der Waals surface area contributed by atoms with Gasteiger partial charge in [0.05, 0.1) is 6.42 Å². The molecule has 1 heterocycles. The first-order valence-corrected chi connectivity index (χ1v) is 2.91. The molecule has 0 radical (unpaired) electrons. The number of carbonyl (C=O) groups is 1. The second-order valence-corrected chi connectivity index (χ2v) is 1.94. The SMILES string of the molecule is NC(=O)CC1C=CN=CO1. The quantitative estimate of drug-likeness (QED) is 0.577. The van der Waals surface area contributed by atoms with Crippen LogP contribution in [0.3, 0.4) is 0 Å². The number of hydrogen-bond acceptors (Lipinski definition) is 3. The summed E-state index contributed by atoms with van der Waals surface area (Å²) >= 11 is 0. The summed E-state index contributed by atoms with van der Waals surface area (Å²) < 4.78 is 4.91. The Labute approximate surface area is 58.4 Å². The maximum atomic E-state index is 10.3. The monoisotopic (exact) mass is 140 g/mol. The summed E-state index contributed by atoms with van der Waals surface area (Å²) in [4.78, 5) is 14.0. The van der Waals surface area contributed by atoms with Crippen LogP contribution in [-0.4, -0.2) is 18.4 Å². The van der Waals surface area contributed by atoms with Crippen LogP contribution in [0.2, 0.25) is 0 Å². The van der Waals surface area contributed by atoms with Crippen LogP contribution < -0.4 is 5.73 Å². The number of ether oxygens (including phenoxy) is 1. The van der Waals surface area contributed by atoms with Crippen molar-refractivity contribution in [3.8, 4) is 0 Å². The van der Waals surface area contributed by atoms with E-state index in [0.717, 1.165) is 0 Å². The third-order valence-electron chi connectivity index (χ3n) is 1.09. The van der Waals surface area contributed by atoms with E-state index in [1.165, 1.54) is 6.40 Å². The van der Waals surface area contributed by atoms with E-state index in [4.69, 9.17) is 10.5 Å². The molecule has 2 N–H and O–H groups in total. The third-order valence-corrected chi connectivity index (χ3v) is 1.09. The summed E-state index contributed by atoms with van der Waals surface area (Å²) in [5, 5.41) is 0. The average molecular weight is 140 g/mol. The van der Waals surface area contributed by atoms with Crippen LogP contribution in [0, 0.1) is 0 Å². The van der Waals surface area contributed by atoms with Crippen molar-refractivity contribution in [2.24, 2.45) is 10.7 Å². The Morgan fingerprint density at radius 3 is 3.10 bits per heavy atom. The van der Waals surface area contributed by atoms with Gasteiger partial charge in [-0.05, 0) is 6.08 Å². The van der Waals surface area contributed by atoms with Crippen LogP contribution in [0.1, 0.15) is 6.42 Å². The van der Waals surface area contributed by atoms with Crippen molar-refractivity contribution in [2.75, 3.05) is 0 Å². The number of aliphatic imine (C=N–C) groups is 1. The Hall–Kier alpha value is -1.32. The second-order valence-electron chi connectivity index (χ2n) is 1.94. The molecule has 0 bridgehead atoms. The van der Waals surface area contributed by atoms with Crippen molar-refractivity contribution >= 4 is 12.3 Å². The van der Waals surface area contributed by atoms with Crippen molar-refractivity contribution < 1.29 is 9.53 Å². The minimum absolute atomic E-state index is 0.211. The molecule has 4 nitrogen and oxygen atoms in total. The summed E-state index contributed by atoms with van der Waals surface area (Å²) in [5.41, 5.74) is 4.93. The number of rotatable bonds is 2. The molecule has 54 valence electrons. The minimum atomic E-state index is -0.370. The van der Waals surface area contributed by atoms with Crippen LogP contribution in [0.5, 0.6) is 0 Å². The normalized spacial score (nSPS) is 22.2. The molecular formula is C6H8N2O2. The van der Waals surface area contributed by atoms with Crippen LogP contribution in [0.25, 0.3) is 0 Å². The van der Waals surface area contributed by atoms with E-state index >= 15 is 0 Å². The Kier molecular flexibility index (Phi) is 2.04. The smallest absolute Gasteiger partial charge is 0.221 e. The van der Waals surface area contributed by atoms with E-state index in [1.54, 1.807) is 12.3 Å². The fourth-order valence-electron chi connectivity index (χ4n) is 0.654. The standard InChI is InChI=1S/C6H8N2O2/c7-6(9)3-5-1-2-8-4-10-5/h1-2,4-5H,3H2,(H2,7,9). The lowest BCUT2D eigenvalue weighted by Crippen LogP contribution is -2.21. The number of primary amides is 1. The van der Waals surface area contributed by atoms with Gasteiger partial charge in [0, 0.05) is 6.20 Å². The van der Waals surface area contributed by atoms with E-state index in [0.29, 0.717) is 0 Å². The predicted molar refractivity (Wildman–Crippen MR) is 36.3 cm³/mol. The van der Waals surface area contributed by atoms with Crippen molar-refractivity contribution in [3.05, 3.63) is 12.3 Å². The molecule has 0 fully saturated rings. The Morgan fingerprint density at radius 1 is 1.80 bits per heavy atom. The maximum Gasteiger partial charge on any atom is 0.221 e. The first-order valence-electron chi connectivity index (χ1n) is 2.91. The van der Waals surface area contributed by atoms with Crippen molar-refractivity contribution in [3.63, 3.8) is 0 Å². The molecule has 0 aromatic rings. The van der Waals surface area contributed by atoms with Crippen molar-refractivity contribution in [2.45, 2.75) is 12.5 Å². The fourth-order valence-corrected chi connectivity index (χ4v) is 0.654. The highest BCUT2D eigenvalue weighted by atomic mass is 16.5. The molecule has 0 spiro atoms. The van der Waals surface area contributed by atoms with E-state index in [2.05, 4.69) is 4.99 Å². The van der Waals surface area contributed by atoms with Gasteiger partial charge in [-0.15, -0.1) is 0 Å². The molecule has 0 aromatic heterocycles.